The van der Waals surface area contributed by atoms with Crippen LogP contribution in [0.25, 0.3) is 0 Å². The third-order valence-corrected chi connectivity index (χ3v) is 2.62. The van der Waals surface area contributed by atoms with Gasteiger partial charge in [-0.2, -0.15) is 0 Å². The average molecular weight is 244 g/mol. The predicted octanol–water partition coefficient (Wildman–Crippen LogP) is 1.09. The molecule has 0 bridgehead atoms. The van der Waals surface area contributed by atoms with E-state index in [1.54, 1.807) is 6.07 Å². The Bertz CT molecular complexity index is 489. The number of benzene rings is 1. The summed E-state index contributed by atoms with van der Waals surface area (Å²) in [6.07, 6.45) is 0. The standard InChI is InChI=1S/C10H16N2O3S/c1-10(2,3)15-8-5-4-7(11)6-9(8)16(12,13)14/h4-6H,11H2,1-3H3,(H2,12,13,14). The van der Waals surface area contributed by atoms with E-state index in [-0.39, 0.29) is 10.6 Å². The highest BCUT2D eigenvalue weighted by molar-refractivity contribution is 7.89. The molecule has 0 fully saturated rings. The summed E-state index contributed by atoms with van der Waals surface area (Å²) < 4.78 is 28.2. The highest BCUT2D eigenvalue weighted by Gasteiger charge is 2.20. The second-order valence-corrected chi connectivity index (χ2v) is 6.00. The molecule has 0 radical (unpaired) electrons. The van der Waals surface area contributed by atoms with Gasteiger partial charge in [-0.05, 0) is 39.0 Å². The SMILES string of the molecule is CC(C)(C)Oc1ccc(N)cc1S(N)(=O)=O. The van der Waals surface area contributed by atoms with Crippen LogP contribution >= 0.6 is 0 Å². The van der Waals surface area contributed by atoms with Gasteiger partial charge in [0.2, 0.25) is 10.0 Å². The number of rotatable bonds is 2. The Labute approximate surface area is 95.4 Å². The third-order valence-electron chi connectivity index (χ3n) is 1.69. The molecule has 0 unspecified atom stereocenters. The van der Waals surface area contributed by atoms with Gasteiger partial charge in [-0.3, -0.25) is 0 Å². The maximum atomic E-state index is 11.3. The van der Waals surface area contributed by atoms with Crippen molar-refractivity contribution in [2.75, 3.05) is 5.73 Å². The lowest BCUT2D eigenvalue weighted by Gasteiger charge is -2.22. The van der Waals surface area contributed by atoms with Crippen LogP contribution in [0, 0.1) is 0 Å². The van der Waals surface area contributed by atoms with Gasteiger partial charge in [-0.1, -0.05) is 0 Å². The van der Waals surface area contributed by atoms with E-state index in [4.69, 9.17) is 15.6 Å². The number of anilines is 1. The number of hydrogen-bond acceptors (Lipinski definition) is 4. The lowest BCUT2D eigenvalue weighted by molar-refractivity contribution is 0.126. The second-order valence-electron chi connectivity index (χ2n) is 4.47. The number of primary sulfonamides is 1. The van der Waals surface area contributed by atoms with Crippen LogP contribution < -0.4 is 15.6 Å². The zero-order chi connectivity index (χ0) is 12.6. The molecule has 0 saturated carbocycles. The van der Waals surface area contributed by atoms with E-state index in [1.165, 1.54) is 12.1 Å². The van der Waals surface area contributed by atoms with Crippen LogP contribution in [0.1, 0.15) is 20.8 Å². The normalized spacial score (nSPS) is 12.5. The summed E-state index contributed by atoms with van der Waals surface area (Å²) >= 11 is 0. The van der Waals surface area contributed by atoms with Crippen LogP contribution in [-0.2, 0) is 10.0 Å². The summed E-state index contributed by atoms with van der Waals surface area (Å²) in [5.41, 5.74) is 5.33. The van der Waals surface area contributed by atoms with Crippen molar-refractivity contribution in [2.45, 2.75) is 31.3 Å². The number of nitrogen functional groups attached to an aromatic ring is 1. The summed E-state index contributed by atoms with van der Waals surface area (Å²) in [5.74, 6) is 0.212. The van der Waals surface area contributed by atoms with Crippen LogP contribution in [0.15, 0.2) is 23.1 Å². The molecule has 0 aliphatic carbocycles. The summed E-state index contributed by atoms with van der Waals surface area (Å²) in [5, 5.41) is 5.08. The molecule has 0 heterocycles. The van der Waals surface area contributed by atoms with Gasteiger partial charge in [0.15, 0.2) is 0 Å². The number of sulfonamides is 1. The lowest BCUT2D eigenvalue weighted by atomic mass is 10.2. The summed E-state index contributed by atoms with van der Waals surface area (Å²) in [6.45, 7) is 5.45. The van der Waals surface area contributed by atoms with Crippen LogP contribution in [0.2, 0.25) is 0 Å². The average Bonchev–Trinajstić information content (AvgIpc) is 2.04. The Morgan fingerprint density at radius 3 is 2.25 bits per heavy atom. The van der Waals surface area contributed by atoms with E-state index in [0.717, 1.165) is 0 Å². The monoisotopic (exact) mass is 244 g/mol. The first kappa shape index (κ1) is 12.8. The highest BCUT2D eigenvalue weighted by Crippen LogP contribution is 2.28. The molecule has 1 rings (SSSR count). The van der Waals surface area contributed by atoms with E-state index < -0.39 is 15.6 Å². The molecule has 0 saturated heterocycles. The Morgan fingerprint density at radius 1 is 1.25 bits per heavy atom. The molecule has 0 spiro atoms. The first-order valence-electron chi connectivity index (χ1n) is 4.71. The van der Waals surface area contributed by atoms with Crippen molar-refractivity contribution in [1.29, 1.82) is 0 Å². The van der Waals surface area contributed by atoms with Crippen molar-refractivity contribution in [3.8, 4) is 5.75 Å². The van der Waals surface area contributed by atoms with Gasteiger partial charge in [-0.25, -0.2) is 13.6 Å². The number of ether oxygens (including phenoxy) is 1. The molecular formula is C10H16N2O3S. The van der Waals surface area contributed by atoms with E-state index in [2.05, 4.69) is 0 Å². The molecule has 0 aliphatic rings. The largest absolute Gasteiger partial charge is 0.487 e. The molecule has 0 aromatic heterocycles. The highest BCUT2D eigenvalue weighted by atomic mass is 32.2. The third kappa shape index (κ3) is 3.39. The minimum Gasteiger partial charge on any atom is -0.487 e. The molecule has 5 nitrogen and oxygen atoms in total. The van der Waals surface area contributed by atoms with Crippen molar-refractivity contribution in [3.05, 3.63) is 18.2 Å². The van der Waals surface area contributed by atoms with Crippen molar-refractivity contribution >= 4 is 15.7 Å². The zero-order valence-electron chi connectivity index (χ0n) is 9.52. The Hall–Kier alpha value is -1.27. The van der Waals surface area contributed by atoms with Gasteiger partial charge in [0.1, 0.15) is 16.2 Å². The van der Waals surface area contributed by atoms with Crippen molar-refractivity contribution in [3.63, 3.8) is 0 Å². The fraction of sp³-hybridized carbons (Fsp3) is 0.400. The van der Waals surface area contributed by atoms with Crippen molar-refractivity contribution < 1.29 is 13.2 Å². The van der Waals surface area contributed by atoms with Gasteiger partial charge in [0.05, 0.1) is 0 Å². The van der Waals surface area contributed by atoms with Crippen LogP contribution in [0.4, 0.5) is 5.69 Å². The minimum atomic E-state index is -3.83. The second kappa shape index (κ2) is 3.95. The quantitative estimate of drug-likeness (QED) is 0.761. The Balaban J connectivity index is 3.30. The van der Waals surface area contributed by atoms with Crippen molar-refractivity contribution in [2.24, 2.45) is 5.14 Å². The first-order valence-corrected chi connectivity index (χ1v) is 6.25. The van der Waals surface area contributed by atoms with Gasteiger partial charge < -0.3 is 10.5 Å². The fourth-order valence-electron chi connectivity index (χ4n) is 1.16. The topological polar surface area (TPSA) is 95.4 Å². The fourth-order valence-corrected chi connectivity index (χ4v) is 1.85. The van der Waals surface area contributed by atoms with E-state index in [0.29, 0.717) is 5.69 Å². The molecule has 1 aromatic rings. The van der Waals surface area contributed by atoms with E-state index in [1.807, 2.05) is 20.8 Å². The summed E-state index contributed by atoms with van der Waals surface area (Å²) in [7, 11) is -3.83. The molecule has 0 amide bonds. The molecule has 6 heteroatoms. The maximum Gasteiger partial charge on any atom is 0.241 e. The van der Waals surface area contributed by atoms with Crippen LogP contribution in [0.3, 0.4) is 0 Å². The van der Waals surface area contributed by atoms with Gasteiger partial charge >= 0.3 is 0 Å². The maximum absolute atomic E-state index is 11.3. The molecule has 1 aromatic carbocycles. The molecular weight excluding hydrogens is 228 g/mol. The minimum absolute atomic E-state index is 0.0950. The lowest BCUT2D eigenvalue weighted by Crippen LogP contribution is -2.25. The zero-order valence-corrected chi connectivity index (χ0v) is 10.3. The first-order chi connectivity index (χ1) is 7.09. The van der Waals surface area contributed by atoms with E-state index in [9.17, 15) is 8.42 Å². The molecule has 4 N–H and O–H groups in total. The van der Waals surface area contributed by atoms with Crippen LogP contribution in [-0.4, -0.2) is 14.0 Å². The van der Waals surface area contributed by atoms with Gasteiger partial charge in [0.25, 0.3) is 0 Å². The molecule has 90 valence electrons. The van der Waals surface area contributed by atoms with Gasteiger partial charge in [-0.15, -0.1) is 0 Å². The summed E-state index contributed by atoms with van der Waals surface area (Å²) in [6, 6.07) is 4.35. The molecule has 0 atom stereocenters. The smallest absolute Gasteiger partial charge is 0.241 e. The molecule has 0 aliphatic heterocycles. The number of nitrogens with two attached hydrogens (primary N) is 2. The Kier molecular flexibility index (Phi) is 3.16. The Morgan fingerprint density at radius 2 is 1.81 bits per heavy atom. The molecule has 16 heavy (non-hydrogen) atoms. The van der Waals surface area contributed by atoms with E-state index >= 15 is 0 Å². The summed E-state index contributed by atoms with van der Waals surface area (Å²) in [4.78, 5) is -0.0950. The van der Waals surface area contributed by atoms with Gasteiger partial charge in [0, 0.05) is 5.69 Å². The predicted molar refractivity (Wildman–Crippen MR) is 62.6 cm³/mol. The van der Waals surface area contributed by atoms with Crippen LogP contribution in [0.5, 0.6) is 5.75 Å². The van der Waals surface area contributed by atoms with Crippen molar-refractivity contribution in [1.82, 2.24) is 0 Å². The number of hydrogen-bond donors (Lipinski definition) is 2.